The summed E-state index contributed by atoms with van der Waals surface area (Å²) in [5.74, 6) is -0.737. The molecule has 36 heavy (non-hydrogen) atoms. The number of carbonyl (C=O) groups is 2. The van der Waals surface area contributed by atoms with Crippen LogP contribution in [0.3, 0.4) is 0 Å². The molecule has 1 aliphatic rings. The quantitative estimate of drug-likeness (QED) is 0.304. The highest BCUT2D eigenvalue weighted by Crippen LogP contribution is 2.29. The van der Waals surface area contributed by atoms with Gasteiger partial charge in [0.25, 0.3) is 0 Å². The molecule has 2 N–H and O–H groups in total. The summed E-state index contributed by atoms with van der Waals surface area (Å²) in [6.45, 7) is 0.305. The molecule has 0 spiro atoms. The van der Waals surface area contributed by atoms with Crippen molar-refractivity contribution in [1.82, 2.24) is 15.2 Å². The molecule has 7 heteroatoms. The number of aromatic nitrogens is 1. The molecule has 2 amide bonds. The first-order valence-electron chi connectivity index (χ1n) is 12.5. The Morgan fingerprint density at radius 2 is 1.81 bits per heavy atom. The van der Waals surface area contributed by atoms with Crippen molar-refractivity contribution in [2.24, 2.45) is 0 Å². The van der Waals surface area contributed by atoms with E-state index in [4.69, 9.17) is 0 Å². The zero-order chi connectivity index (χ0) is 24.9. The van der Waals surface area contributed by atoms with Gasteiger partial charge in [0.05, 0.1) is 13.0 Å². The number of amides is 2. The monoisotopic (exact) mass is 503 g/mol. The van der Waals surface area contributed by atoms with E-state index in [-0.39, 0.29) is 30.1 Å². The zero-order valence-corrected chi connectivity index (χ0v) is 20.9. The standard InChI is InChI=1S/C29H30FN3O2S/c30-22-14-12-20(13-15-22)28(29(35)32-23-7-2-1-3-8-23)33(19-24-9-6-16-36-24)27(34)17-21-18-31-26-11-5-4-10-25(21)26/h4-6,9-16,18,23,28,31H,1-3,7-8,17,19H2,(H,32,35). The maximum absolute atomic E-state index is 13.9. The fraction of sp³-hybridized carbons (Fsp3) is 0.310. The summed E-state index contributed by atoms with van der Waals surface area (Å²) in [5, 5.41) is 6.16. The molecule has 5 rings (SSSR count). The van der Waals surface area contributed by atoms with Crippen LogP contribution in [0.5, 0.6) is 0 Å². The molecule has 0 bridgehead atoms. The third kappa shape index (κ3) is 5.51. The number of thiophene rings is 1. The number of nitrogens with one attached hydrogen (secondary N) is 2. The summed E-state index contributed by atoms with van der Waals surface area (Å²) < 4.78 is 13.8. The topological polar surface area (TPSA) is 65.2 Å². The van der Waals surface area contributed by atoms with E-state index >= 15 is 0 Å². The molecule has 2 aromatic carbocycles. The summed E-state index contributed by atoms with van der Waals surface area (Å²) >= 11 is 1.55. The number of fused-ring (bicyclic) bond motifs is 1. The molecule has 1 saturated carbocycles. The van der Waals surface area contributed by atoms with Gasteiger partial charge in [-0.05, 0) is 53.6 Å². The number of rotatable bonds is 8. The maximum Gasteiger partial charge on any atom is 0.247 e. The lowest BCUT2D eigenvalue weighted by Crippen LogP contribution is -2.47. The minimum absolute atomic E-state index is 0.0986. The van der Waals surface area contributed by atoms with E-state index in [9.17, 15) is 14.0 Å². The van der Waals surface area contributed by atoms with Gasteiger partial charge in [0.15, 0.2) is 0 Å². The largest absolute Gasteiger partial charge is 0.361 e. The van der Waals surface area contributed by atoms with Gasteiger partial charge in [0.2, 0.25) is 11.8 Å². The van der Waals surface area contributed by atoms with Crippen LogP contribution in [0.4, 0.5) is 4.39 Å². The van der Waals surface area contributed by atoms with E-state index in [1.54, 1.807) is 28.4 Å². The maximum atomic E-state index is 13.9. The number of para-hydroxylation sites is 1. The van der Waals surface area contributed by atoms with E-state index in [2.05, 4.69) is 10.3 Å². The Morgan fingerprint density at radius 3 is 2.56 bits per heavy atom. The van der Waals surface area contributed by atoms with Crippen molar-refractivity contribution in [2.75, 3.05) is 0 Å². The number of H-pyrrole nitrogens is 1. The molecule has 5 nitrogen and oxygen atoms in total. The normalized spacial score (nSPS) is 15.0. The summed E-state index contributed by atoms with van der Waals surface area (Å²) in [5.41, 5.74) is 2.46. The lowest BCUT2D eigenvalue weighted by Gasteiger charge is -2.33. The van der Waals surface area contributed by atoms with Gasteiger partial charge in [0, 0.05) is 28.0 Å². The minimum Gasteiger partial charge on any atom is -0.361 e. The molecule has 1 aliphatic carbocycles. The van der Waals surface area contributed by atoms with Crippen molar-refractivity contribution in [3.05, 3.63) is 94.1 Å². The van der Waals surface area contributed by atoms with Gasteiger partial charge in [-0.2, -0.15) is 0 Å². The predicted octanol–water partition coefficient (Wildman–Crippen LogP) is 6.13. The third-order valence-electron chi connectivity index (χ3n) is 6.94. The number of halogens is 1. The summed E-state index contributed by atoms with van der Waals surface area (Å²) in [7, 11) is 0. The van der Waals surface area contributed by atoms with Crippen molar-refractivity contribution in [3.63, 3.8) is 0 Å². The van der Waals surface area contributed by atoms with Gasteiger partial charge < -0.3 is 15.2 Å². The Balaban J connectivity index is 1.49. The number of benzene rings is 2. The van der Waals surface area contributed by atoms with Crippen LogP contribution in [0.1, 0.15) is 54.1 Å². The van der Waals surface area contributed by atoms with E-state index in [1.807, 2.05) is 48.0 Å². The zero-order valence-electron chi connectivity index (χ0n) is 20.1. The van der Waals surface area contributed by atoms with Gasteiger partial charge in [0.1, 0.15) is 11.9 Å². The highest BCUT2D eigenvalue weighted by Gasteiger charge is 2.33. The number of carbonyl (C=O) groups excluding carboxylic acids is 2. The molecule has 0 saturated heterocycles. The SMILES string of the molecule is O=C(NC1CCCCC1)C(c1ccc(F)cc1)N(Cc1cccs1)C(=O)Cc1c[nH]c2ccccc12. The first kappa shape index (κ1) is 24.3. The Morgan fingerprint density at radius 1 is 1.03 bits per heavy atom. The van der Waals surface area contributed by atoms with E-state index in [1.165, 1.54) is 18.6 Å². The summed E-state index contributed by atoms with van der Waals surface area (Å²) in [6.07, 6.45) is 7.26. The molecule has 1 unspecified atom stereocenters. The van der Waals surface area contributed by atoms with Gasteiger partial charge >= 0.3 is 0 Å². The second-order valence-electron chi connectivity index (χ2n) is 9.43. The molecule has 2 aromatic heterocycles. The van der Waals surface area contributed by atoms with Crippen LogP contribution in [0.2, 0.25) is 0 Å². The summed E-state index contributed by atoms with van der Waals surface area (Å²) in [6, 6.07) is 17.0. The van der Waals surface area contributed by atoms with Gasteiger partial charge in [-0.3, -0.25) is 9.59 Å². The van der Waals surface area contributed by atoms with Crippen molar-refractivity contribution in [1.29, 1.82) is 0 Å². The lowest BCUT2D eigenvalue weighted by atomic mass is 9.94. The van der Waals surface area contributed by atoms with Gasteiger partial charge in [-0.15, -0.1) is 11.3 Å². The first-order chi connectivity index (χ1) is 17.6. The molecule has 0 radical (unpaired) electrons. The number of hydrogen-bond acceptors (Lipinski definition) is 3. The fourth-order valence-corrected chi connectivity index (χ4v) is 5.78. The average molecular weight is 504 g/mol. The van der Waals surface area contributed by atoms with Crippen molar-refractivity contribution in [2.45, 2.75) is 57.2 Å². The number of aromatic amines is 1. The molecular formula is C29H30FN3O2S. The van der Waals surface area contributed by atoms with Crippen LogP contribution in [0.15, 0.2) is 72.2 Å². The highest BCUT2D eigenvalue weighted by atomic mass is 32.1. The van der Waals surface area contributed by atoms with Crippen LogP contribution in [-0.2, 0) is 22.6 Å². The Kier molecular flexibility index (Phi) is 7.47. The Labute approximate surface area is 214 Å². The Hall–Kier alpha value is -3.45. The molecular weight excluding hydrogens is 473 g/mol. The molecule has 4 aromatic rings. The molecule has 2 heterocycles. The van der Waals surface area contributed by atoms with Crippen LogP contribution in [0.25, 0.3) is 10.9 Å². The third-order valence-corrected chi connectivity index (χ3v) is 7.80. The Bertz CT molecular complexity index is 1310. The van der Waals surface area contributed by atoms with E-state index in [0.717, 1.165) is 47.0 Å². The van der Waals surface area contributed by atoms with Crippen molar-refractivity contribution in [3.8, 4) is 0 Å². The molecule has 186 valence electrons. The minimum atomic E-state index is -0.854. The first-order valence-corrected chi connectivity index (χ1v) is 13.4. The van der Waals surface area contributed by atoms with E-state index < -0.39 is 6.04 Å². The lowest BCUT2D eigenvalue weighted by molar-refractivity contribution is -0.141. The van der Waals surface area contributed by atoms with Crippen LogP contribution >= 0.6 is 11.3 Å². The van der Waals surface area contributed by atoms with Crippen molar-refractivity contribution >= 4 is 34.1 Å². The fourth-order valence-electron chi connectivity index (χ4n) is 5.08. The second-order valence-corrected chi connectivity index (χ2v) is 10.5. The second kappa shape index (κ2) is 11.1. The van der Waals surface area contributed by atoms with Crippen molar-refractivity contribution < 1.29 is 14.0 Å². The smallest absolute Gasteiger partial charge is 0.247 e. The highest BCUT2D eigenvalue weighted by molar-refractivity contribution is 7.09. The molecule has 1 atom stereocenters. The number of hydrogen-bond donors (Lipinski definition) is 2. The number of nitrogens with zero attached hydrogens (tertiary/aromatic N) is 1. The average Bonchev–Trinajstić information content (AvgIpc) is 3.56. The van der Waals surface area contributed by atoms with Crippen LogP contribution < -0.4 is 5.32 Å². The molecule has 1 fully saturated rings. The predicted molar refractivity (Wildman–Crippen MR) is 141 cm³/mol. The van der Waals surface area contributed by atoms with Crippen LogP contribution in [0, 0.1) is 5.82 Å². The van der Waals surface area contributed by atoms with Gasteiger partial charge in [-0.25, -0.2) is 4.39 Å². The van der Waals surface area contributed by atoms with E-state index in [0.29, 0.717) is 12.1 Å². The van der Waals surface area contributed by atoms with Gasteiger partial charge in [-0.1, -0.05) is 55.7 Å². The van der Waals surface area contributed by atoms with Crippen LogP contribution in [-0.4, -0.2) is 27.7 Å². The summed E-state index contributed by atoms with van der Waals surface area (Å²) in [4.78, 5) is 33.6. The molecule has 0 aliphatic heterocycles.